The minimum Gasteiger partial charge on any atom is -0.444 e. The molecule has 0 spiro atoms. The molecule has 0 unspecified atom stereocenters. The van der Waals surface area contributed by atoms with Crippen LogP contribution in [0.5, 0.6) is 0 Å². The van der Waals surface area contributed by atoms with E-state index in [4.69, 9.17) is 15.7 Å². The van der Waals surface area contributed by atoms with Crippen LogP contribution >= 0.6 is 11.8 Å². The largest absolute Gasteiger partial charge is 0.444 e. The Morgan fingerprint density at radius 3 is 2.22 bits per heavy atom. The molecule has 0 aromatic rings. The van der Waals surface area contributed by atoms with E-state index in [1.54, 1.807) is 20.8 Å². The number of hydrogen-bond acceptors (Lipinski definition) is 7. The summed E-state index contributed by atoms with van der Waals surface area (Å²) < 4.78 is 5.11. The second kappa shape index (κ2) is 10.3. The molecule has 0 aliphatic carbocycles. The Morgan fingerprint density at radius 1 is 1.17 bits per heavy atom. The minimum absolute atomic E-state index is 0.342. The van der Waals surface area contributed by atoms with Crippen molar-refractivity contribution in [1.82, 2.24) is 16.1 Å². The molecule has 0 radical (unpaired) electrons. The lowest BCUT2D eigenvalue weighted by Crippen LogP contribution is -2.56. The number of alkyl carbamates (subject to hydrolysis) is 1. The summed E-state index contributed by atoms with van der Waals surface area (Å²) in [6, 6.07) is -2.08. The molecule has 2 atom stereocenters. The molecule has 6 N–H and O–H groups in total. The van der Waals surface area contributed by atoms with Crippen LogP contribution in [0.15, 0.2) is 0 Å². The van der Waals surface area contributed by atoms with Gasteiger partial charge in [-0.05, 0) is 39.2 Å². The number of hydrazine groups is 1. The fraction of sp³-hybridized carbons (Fsp3) is 0.769. The number of ether oxygens (including phenoxy) is 1. The number of aliphatic hydroxyl groups is 1. The van der Waals surface area contributed by atoms with Crippen molar-refractivity contribution in [3.8, 4) is 0 Å². The molecule has 0 aromatic carbocycles. The SMILES string of the molecule is CSCC[C@H](NC(=O)OC(C)(C)C)C(=O)N[C@@H](CO)C(=O)NN. The first kappa shape index (κ1) is 21.5. The summed E-state index contributed by atoms with van der Waals surface area (Å²) in [6.07, 6.45) is 1.47. The van der Waals surface area contributed by atoms with Crippen LogP contribution in [0.1, 0.15) is 27.2 Å². The highest BCUT2D eigenvalue weighted by Gasteiger charge is 2.27. The summed E-state index contributed by atoms with van der Waals surface area (Å²) in [6.45, 7) is 4.50. The van der Waals surface area contributed by atoms with Gasteiger partial charge in [0.05, 0.1) is 6.61 Å². The number of carbonyl (C=O) groups is 3. The van der Waals surface area contributed by atoms with Crippen molar-refractivity contribution in [3.05, 3.63) is 0 Å². The second-order valence-electron chi connectivity index (χ2n) is 5.73. The zero-order valence-corrected chi connectivity index (χ0v) is 14.7. The Kier molecular flexibility index (Phi) is 9.61. The van der Waals surface area contributed by atoms with Gasteiger partial charge in [0.15, 0.2) is 0 Å². The minimum atomic E-state index is -1.19. The molecule has 0 saturated heterocycles. The van der Waals surface area contributed by atoms with Gasteiger partial charge in [0.1, 0.15) is 17.7 Å². The monoisotopic (exact) mass is 350 g/mol. The van der Waals surface area contributed by atoms with E-state index >= 15 is 0 Å². The van der Waals surface area contributed by atoms with Gasteiger partial charge in [-0.3, -0.25) is 15.0 Å². The molecule has 134 valence electrons. The van der Waals surface area contributed by atoms with Crippen LogP contribution in [0.4, 0.5) is 4.79 Å². The highest BCUT2D eigenvalue weighted by atomic mass is 32.2. The third-order valence-corrected chi connectivity index (χ3v) is 3.22. The van der Waals surface area contributed by atoms with Crippen LogP contribution < -0.4 is 21.9 Å². The van der Waals surface area contributed by atoms with Crippen LogP contribution in [0.25, 0.3) is 0 Å². The Hall–Kier alpha value is -1.52. The van der Waals surface area contributed by atoms with Gasteiger partial charge in [0.2, 0.25) is 5.91 Å². The molecule has 0 saturated carbocycles. The molecule has 9 nitrogen and oxygen atoms in total. The van der Waals surface area contributed by atoms with Crippen LogP contribution in [-0.2, 0) is 14.3 Å². The quantitative estimate of drug-likeness (QED) is 0.217. The summed E-state index contributed by atoms with van der Waals surface area (Å²) in [4.78, 5) is 35.4. The standard InChI is InChI=1S/C13H26N4O5S/c1-13(2,3)22-12(21)16-8(5-6-23-4)10(19)15-9(7-18)11(20)17-14/h8-9,18H,5-7,14H2,1-4H3,(H,15,19)(H,16,21)(H,17,20)/t8-,9-/m0/s1. The average Bonchev–Trinajstić information content (AvgIpc) is 2.45. The molecule has 0 rings (SSSR count). The highest BCUT2D eigenvalue weighted by molar-refractivity contribution is 7.98. The van der Waals surface area contributed by atoms with E-state index in [-0.39, 0.29) is 0 Å². The van der Waals surface area contributed by atoms with E-state index in [1.165, 1.54) is 11.8 Å². The predicted octanol–water partition coefficient (Wildman–Crippen LogP) is -0.900. The van der Waals surface area contributed by atoms with Gasteiger partial charge in [0.25, 0.3) is 5.91 Å². The number of nitrogens with one attached hydrogen (secondary N) is 3. The highest BCUT2D eigenvalue weighted by Crippen LogP contribution is 2.08. The third kappa shape index (κ3) is 9.26. The van der Waals surface area contributed by atoms with E-state index in [0.29, 0.717) is 12.2 Å². The van der Waals surface area contributed by atoms with Crippen molar-refractivity contribution >= 4 is 29.7 Å². The molecule has 0 aliphatic rings. The maximum Gasteiger partial charge on any atom is 0.408 e. The first-order chi connectivity index (χ1) is 10.6. The van der Waals surface area contributed by atoms with Crippen LogP contribution in [-0.4, -0.2) is 59.3 Å². The van der Waals surface area contributed by atoms with Crippen molar-refractivity contribution in [2.75, 3.05) is 18.6 Å². The van der Waals surface area contributed by atoms with E-state index in [9.17, 15) is 14.4 Å². The number of amides is 3. The Labute approximate surface area is 140 Å². The van der Waals surface area contributed by atoms with Crippen LogP contribution in [0.3, 0.4) is 0 Å². The normalized spacial score (nSPS) is 13.7. The molecule has 0 bridgehead atoms. The average molecular weight is 350 g/mol. The lowest BCUT2D eigenvalue weighted by Gasteiger charge is -2.24. The zero-order valence-electron chi connectivity index (χ0n) is 13.8. The smallest absolute Gasteiger partial charge is 0.408 e. The Bertz CT molecular complexity index is 414. The number of carbonyl (C=O) groups excluding carboxylic acids is 3. The van der Waals surface area contributed by atoms with Crippen LogP contribution in [0, 0.1) is 0 Å². The summed E-state index contributed by atoms with van der Waals surface area (Å²) in [5.41, 5.74) is 1.15. The summed E-state index contributed by atoms with van der Waals surface area (Å²) in [7, 11) is 0. The van der Waals surface area contributed by atoms with Gasteiger partial charge < -0.3 is 20.5 Å². The fourth-order valence-corrected chi connectivity index (χ4v) is 1.99. The maximum atomic E-state index is 12.2. The maximum absolute atomic E-state index is 12.2. The van der Waals surface area contributed by atoms with Crippen LogP contribution in [0.2, 0.25) is 0 Å². The van der Waals surface area contributed by atoms with Crippen molar-refractivity contribution in [2.45, 2.75) is 44.9 Å². The molecule has 0 fully saturated rings. The predicted molar refractivity (Wildman–Crippen MR) is 87.5 cm³/mol. The fourth-order valence-electron chi connectivity index (χ4n) is 1.52. The first-order valence-corrected chi connectivity index (χ1v) is 8.44. The molecular formula is C13H26N4O5S. The molecule has 10 heteroatoms. The zero-order chi connectivity index (χ0) is 18.0. The number of rotatable bonds is 8. The number of hydrogen-bond donors (Lipinski definition) is 5. The van der Waals surface area contributed by atoms with Crippen molar-refractivity contribution in [1.29, 1.82) is 0 Å². The summed E-state index contributed by atoms with van der Waals surface area (Å²) >= 11 is 1.50. The Morgan fingerprint density at radius 2 is 1.78 bits per heavy atom. The Balaban J connectivity index is 4.83. The lowest BCUT2D eigenvalue weighted by molar-refractivity contribution is -0.131. The second-order valence-corrected chi connectivity index (χ2v) is 6.72. The molecule has 0 aromatic heterocycles. The van der Waals surface area contributed by atoms with Crippen molar-refractivity contribution in [3.63, 3.8) is 0 Å². The summed E-state index contributed by atoms with van der Waals surface area (Å²) in [5.74, 6) is 4.25. The first-order valence-electron chi connectivity index (χ1n) is 7.04. The third-order valence-electron chi connectivity index (χ3n) is 2.58. The van der Waals surface area contributed by atoms with Gasteiger partial charge in [-0.1, -0.05) is 0 Å². The number of thioether (sulfide) groups is 1. The molecule has 0 aliphatic heterocycles. The van der Waals surface area contributed by atoms with E-state index in [2.05, 4.69) is 10.6 Å². The number of aliphatic hydroxyl groups excluding tert-OH is 1. The van der Waals surface area contributed by atoms with E-state index in [1.807, 2.05) is 11.7 Å². The van der Waals surface area contributed by atoms with Gasteiger partial charge >= 0.3 is 6.09 Å². The van der Waals surface area contributed by atoms with Gasteiger partial charge in [0, 0.05) is 0 Å². The van der Waals surface area contributed by atoms with E-state index in [0.717, 1.165) is 0 Å². The topological polar surface area (TPSA) is 143 Å². The molecule has 23 heavy (non-hydrogen) atoms. The van der Waals surface area contributed by atoms with Crippen molar-refractivity contribution in [2.24, 2.45) is 5.84 Å². The molecular weight excluding hydrogens is 324 g/mol. The van der Waals surface area contributed by atoms with Gasteiger partial charge in [-0.25, -0.2) is 10.6 Å². The molecule has 0 heterocycles. The van der Waals surface area contributed by atoms with E-state index < -0.39 is 42.2 Å². The number of nitrogens with two attached hydrogens (primary N) is 1. The van der Waals surface area contributed by atoms with Gasteiger partial charge in [-0.15, -0.1) is 0 Å². The lowest BCUT2D eigenvalue weighted by atomic mass is 10.2. The molecule has 3 amide bonds. The van der Waals surface area contributed by atoms with Crippen molar-refractivity contribution < 1.29 is 24.2 Å². The van der Waals surface area contributed by atoms with Gasteiger partial charge in [-0.2, -0.15) is 11.8 Å². The summed E-state index contributed by atoms with van der Waals surface area (Å²) in [5, 5.41) is 13.9.